The first-order chi connectivity index (χ1) is 11.2. The third-order valence-electron chi connectivity index (χ3n) is 2.95. The van der Waals surface area contributed by atoms with Crippen LogP contribution in [-0.4, -0.2) is 28.2 Å². The summed E-state index contributed by atoms with van der Waals surface area (Å²) in [6, 6.07) is 7.45. The van der Waals surface area contributed by atoms with E-state index in [0.29, 0.717) is 5.82 Å². The van der Waals surface area contributed by atoms with Crippen LogP contribution in [0.3, 0.4) is 0 Å². The fourth-order valence-electron chi connectivity index (χ4n) is 1.83. The Morgan fingerprint density at radius 1 is 1.26 bits per heavy atom. The fraction of sp³-hybridized carbons (Fsp3) is 0.200. The Hall–Kier alpha value is -2.74. The highest BCUT2D eigenvalue weighted by molar-refractivity contribution is 7.13. The van der Waals surface area contributed by atoms with Crippen LogP contribution in [0, 0.1) is 6.92 Å². The van der Waals surface area contributed by atoms with Crippen molar-refractivity contribution in [2.24, 2.45) is 0 Å². The molecule has 0 saturated carbocycles. The molecule has 0 bridgehead atoms. The molecule has 0 aliphatic heterocycles. The average molecular weight is 331 g/mol. The van der Waals surface area contributed by atoms with E-state index < -0.39 is 5.97 Å². The SMILES string of the molecule is COc1ccc(-c2nc(C(=O)OCc3nc(C)no3)cs2)cc1. The first-order valence-electron chi connectivity index (χ1n) is 6.72. The summed E-state index contributed by atoms with van der Waals surface area (Å²) in [5.74, 6) is 0.976. The molecule has 0 unspecified atom stereocenters. The van der Waals surface area contributed by atoms with E-state index in [-0.39, 0.29) is 18.2 Å². The lowest BCUT2D eigenvalue weighted by Gasteiger charge is -2.00. The highest BCUT2D eigenvalue weighted by Crippen LogP contribution is 2.26. The van der Waals surface area contributed by atoms with Gasteiger partial charge in [0.15, 0.2) is 18.1 Å². The summed E-state index contributed by atoms with van der Waals surface area (Å²) >= 11 is 1.37. The van der Waals surface area contributed by atoms with Crippen molar-refractivity contribution < 1.29 is 18.8 Å². The lowest BCUT2D eigenvalue weighted by atomic mass is 10.2. The van der Waals surface area contributed by atoms with Gasteiger partial charge in [0.2, 0.25) is 0 Å². The van der Waals surface area contributed by atoms with Gasteiger partial charge in [-0.1, -0.05) is 5.16 Å². The van der Waals surface area contributed by atoms with Gasteiger partial charge in [-0.15, -0.1) is 11.3 Å². The summed E-state index contributed by atoms with van der Waals surface area (Å²) in [6.45, 7) is 1.62. The molecule has 3 aromatic rings. The molecule has 0 N–H and O–H groups in total. The zero-order valence-corrected chi connectivity index (χ0v) is 13.3. The Bertz CT molecular complexity index is 810. The van der Waals surface area contributed by atoms with E-state index in [1.165, 1.54) is 11.3 Å². The first kappa shape index (κ1) is 15.2. The number of esters is 1. The second-order valence-electron chi connectivity index (χ2n) is 4.58. The number of nitrogens with zero attached hydrogens (tertiary/aromatic N) is 3. The lowest BCUT2D eigenvalue weighted by Crippen LogP contribution is -2.05. The molecule has 2 aromatic heterocycles. The molecular weight excluding hydrogens is 318 g/mol. The second kappa shape index (κ2) is 6.57. The number of ether oxygens (including phenoxy) is 2. The van der Waals surface area contributed by atoms with Crippen molar-refractivity contribution in [1.29, 1.82) is 0 Å². The summed E-state index contributed by atoms with van der Waals surface area (Å²) in [5, 5.41) is 6.01. The highest BCUT2D eigenvalue weighted by Gasteiger charge is 2.15. The van der Waals surface area contributed by atoms with Gasteiger partial charge in [0, 0.05) is 10.9 Å². The average Bonchev–Trinajstić information content (AvgIpc) is 3.22. The predicted molar refractivity (Wildman–Crippen MR) is 82.3 cm³/mol. The van der Waals surface area contributed by atoms with E-state index >= 15 is 0 Å². The van der Waals surface area contributed by atoms with Crippen molar-refractivity contribution in [1.82, 2.24) is 15.1 Å². The fourth-order valence-corrected chi connectivity index (χ4v) is 2.63. The number of hydrogen-bond acceptors (Lipinski definition) is 8. The molecule has 8 heteroatoms. The monoisotopic (exact) mass is 331 g/mol. The zero-order valence-electron chi connectivity index (χ0n) is 12.5. The summed E-state index contributed by atoms with van der Waals surface area (Å²) in [6.07, 6.45) is 0. The van der Waals surface area contributed by atoms with E-state index in [9.17, 15) is 4.79 Å². The molecule has 118 valence electrons. The maximum Gasteiger partial charge on any atom is 0.358 e. The normalized spacial score (nSPS) is 10.5. The standard InChI is InChI=1S/C15H13N3O4S/c1-9-16-13(22-18-9)7-21-15(19)12-8-23-14(17-12)10-3-5-11(20-2)6-4-10/h3-6,8H,7H2,1-2H3. The minimum Gasteiger partial charge on any atom is -0.497 e. The van der Waals surface area contributed by atoms with Gasteiger partial charge in [-0.3, -0.25) is 0 Å². The highest BCUT2D eigenvalue weighted by atomic mass is 32.1. The maximum absolute atomic E-state index is 12.0. The van der Waals surface area contributed by atoms with E-state index in [2.05, 4.69) is 15.1 Å². The molecule has 3 rings (SSSR count). The number of benzene rings is 1. The molecule has 0 radical (unpaired) electrons. The Kier molecular flexibility index (Phi) is 4.33. The molecule has 0 aliphatic carbocycles. The number of methoxy groups -OCH3 is 1. The number of carbonyl (C=O) groups is 1. The van der Waals surface area contributed by atoms with E-state index in [0.717, 1.165) is 16.3 Å². The number of rotatable bonds is 5. The summed E-state index contributed by atoms with van der Waals surface area (Å²) in [7, 11) is 1.61. The third kappa shape index (κ3) is 3.54. The van der Waals surface area contributed by atoms with Gasteiger partial charge >= 0.3 is 5.97 Å². The van der Waals surface area contributed by atoms with Crippen LogP contribution < -0.4 is 4.74 Å². The van der Waals surface area contributed by atoms with Gasteiger partial charge in [-0.2, -0.15) is 4.98 Å². The van der Waals surface area contributed by atoms with Crippen LogP contribution in [0.25, 0.3) is 10.6 Å². The largest absolute Gasteiger partial charge is 0.497 e. The zero-order chi connectivity index (χ0) is 16.2. The molecule has 1 aromatic carbocycles. The van der Waals surface area contributed by atoms with Gasteiger partial charge < -0.3 is 14.0 Å². The molecule has 0 saturated heterocycles. The van der Waals surface area contributed by atoms with E-state index in [1.807, 2.05) is 24.3 Å². The summed E-state index contributed by atoms with van der Waals surface area (Å²) in [5.41, 5.74) is 1.15. The second-order valence-corrected chi connectivity index (χ2v) is 5.44. The van der Waals surface area contributed by atoms with Crippen LogP contribution in [-0.2, 0) is 11.3 Å². The number of carbonyl (C=O) groups excluding carboxylic acids is 1. The van der Waals surface area contributed by atoms with Crippen molar-refractivity contribution in [2.45, 2.75) is 13.5 Å². The minimum absolute atomic E-state index is 0.0743. The van der Waals surface area contributed by atoms with Crippen LogP contribution in [0.4, 0.5) is 0 Å². The van der Waals surface area contributed by atoms with Crippen LogP contribution in [0.1, 0.15) is 22.2 Å². The molecular formula is C15H13N3O4S. The summed E-state index contributed by atoms with van der Waals surface area (Å²) < 4.78 is 15.1. The van der Waals surface area contributed by atoms with Crippen molar-refractivity contribution in [3.63, 3.8) is 0 Å². The molecule has 7 nitrogen and oxygen atoms in total. The quantitative estimate of drug-likeness (QED) is 0.664. The number of hydrogen-bond donors (Lipinski definition) is 0. The molecule has 0 spiro atoms. The van der Waals surface area contributed by atoms with Crippen molar-refractivity contribution in [3.8, 4) is 16.3 Å². The maximum atomic E-state index is 12.0. The van der Waals surface area contributed by atoms with Crippen molar-refractivity contribution in [3.05, 3.63) is 47.1 Å². The van der Waals surface area contributed by atoms with Crippen LogP contribution >= 0.6 is 11.3 Å². The van der Waals surface area contributed by atoms with Gasteiger partial charge in [-0.25, -0.2) is 9.78 Å². The lowest BCUT2D eigenvalue weighted by molar-refractivity contribution is 0.0424. The van der Waals surface area contributed by atoms with E-state index in [4.69, 9.17) is 14.0 Å². The van der Waals surface area contributed by atoms with E-state index in [1.54, 1.807) is 19.4 Å². The van der Waals surface area contributed by atoms with Gasteiger partial charge in [0.1, 0.15) is 10.8 Å². The number of aryl methyl sites for hydroxylation is 1. The van der Waals surface area contributed by atoms with Gasteiger partial charge in [-0.05, 0) is 31.2 Å². The Labute approximate surface area is 135 Å². The molecule has 0 amide bonds. The van der Waals surface area contributed by atoms with Gasteiger partial charge in [0.05, 0.1) is 7.11 Å². The van der Waals surface area contributed by atoms with Crippen molar-refractivity contribution >= 4 is 17.3 Å². The number of thiazole rings is 1. The molecule has 0 atom stereocenters. The van der Waals surface area contributed by atoms with Gasteiger partial charge in [0.25, 0.3) is 5.89 Å². The molecule has 2 heterocycles. The Morgan fingerprint density at radius 2 is 2.04 bits per heavy atom. The predicted octanol–water partition coefficient (Wildman–Crippen LogP) is 2.87. The van der Waals surface area contributed by atoms with Crippen LogP contribution in [0.5, 0.6) is 5.75 Å². The summed E-state index contributed by atoms with van der Waals surface area (Å²) in [4.78, 5) is 20.2. The smallest absolute Gasteiger partial charge is 0.358 e. The Morgan fingerprint density at radius 3 is 2.70 bits per heavy atom. The third-order valence-corrected chi connectivity index (χ3v) is 3.84. The molecule has 0 aliphatic rings. The van der Waals surface area contributed by atoms with Crippen molar-refractivity contribution in [2.75, 3.05) is 7.11 Å². The Balaban J connectivity index is 1.66. The molecule has 0 fully saturated rings. The first-order valence-corrected chi connectivity index (χ1v) is 7.60. The number of aromatic nitrogens is 3. The van der Waals surface area contributed by atoms with Crippen LogP contribution in [0.2, 0.25) is 0 Å². The topological polar surface area (TPSA) is 87.3 Å². The van der Waals surface area contributed by atoms with Crippen LogP contribution in [0.15, 0.2) is 34.2 Å². The minimum atomic E-state index is -0.531. The molecule has 23 heavy (non-hydrogen) atoms.